The van der Waals surface area contributed by atoms with E-state index in [1.165, 1.54) is 11.1 Å². The number of aryl methyl sites for hydroxylation is 1. The molecule has 0 N–H and O–H groups in total. The Morgan fingerprint density at radius 1 is 1.12 bits per heavy atom. The molecule has 1 spiro atoms. The molecule has 0 aromatic heterocycles. The van der Waals surface area contributed by atoms with Gasteiger partial charge in [0.15, 0.2) is 0 Å². The number of halogens is 1. The summed E-state index contributed by atoms with van der Waals surface area (Å²) in [5.74, 6) is 0.831. The van der Waals surface area contributed by atoms with Gasteiger partial charge >= 0.3 is 0 Å². The Balaban J connectivity index is 1.79. The van der Waals surface area contributed by atoms with Crippen LogP contribution in [0.5, 0.6) is 5.75 Å². The van der Waals surface area contributed by atoms with E-state index >= 15 is 0 Å². The van der Waals surface area contributed by atoms with Gasteiger partial charge in [-0.3, -0.25) is 0 Å². The molecular formula is C20H17BrN2O. The van der Waals surface area contributed by atoms with Crippen molar-refractivity contribution in [2.75, 3.05) is 0 Å². The van der Waals surface area contributed by atoms with Gasteiger partial charge in [0.2, 0.25) is 6.19 Å². The van der Waals surface area contributed by atoms with E-state index in [1.54, 1.807) is 0 Å². The third kappa shape index (κ3) is 2.74. The number of rotatable bonds is 0. The average molecular weight is 381 g/mol. The van der Waals surface area contributed by atoms with E-state index in [0.717, 1.165) is 47.2 Å². The van der Waals surface area contributed by atoms with Crippen molar-refractivity contribution in [2.45, 2.75) is 37.7 Å². The van der Waals surface area contributed by atoms with Gasteiger partial charge in [-0.2, -0.15) is 10.3 Å². The smallest absolute Gasteiger partial charge is 0.205 e. The minimum atomic E-state index is -0.302. The van der Waals surface area contributed by atoms with Crippen LogP contribution in [-0.2, 0) is 12.8 Å². The summed E-state index contributed by atoms with van der Waals surface area (Å²) >= 11 is 3.50. The molecule has 0 amide bonds. The monoisotopic (exact) mass is 380 g/mol. The van der Waals surface area contributed by atoms with Crippen LogP contribution in [0.2, 0.25) is 0 Å². The molecule has 1 aliphatic carbocycles. The molecule has 4 rings (SSSR count). The van der Waals surface area contributed by atoms with Crippen molar-refractivity contribution < 1.29 is 4.74 Å². The van der Waals surface area contributed by atoms with Crippen LogP contribution in [0.3, 0.4) is 0 Å². The molecule has 2 aliphatic rings. The Morgan fingerprint density at radius 2 is 1.96 bits per heavy atom. The van der Waals surface area contributed by atoms with E-state index < -0.39 is 0 Å². The molecule has 24 heavy (non-hydrogen) atoms. The van der Waals surface area contributed by atoms with Crippen molar-refractivity contribution in [3.05, 3.63) is 63.6 Å². The lowest BCUT2D eigenvalue weighted by Gasteiger charge is -2.39. The Kier molecular flexibility index (Phi) is 3.90. The number of ether oxygens (including phenoxy) is 1. The predicted molar refractivity (Wildman–Crippen MR) is 97.4 cm³/mol. The van der Waals surface area contributed by atoms with Gasteiger partial charge in [0.1, 0.15) is 11.4 Å². The van der Waals surface area contributed by atoms with E-state index in [-0.39, 0.29) is 5.60 Å². The van der Waals surface area contributed by atoms with Gasteiger partial charge in [0, 0.05) is 22.9 Å². The van der Waals surface area contributed by atoms with E-state index in [9.17, 15) is 0 Å². The van der Waals surface area contributed by atoms with Crippen LogP contribution in [0.15, 0.2) is 51.9 Å². The number of fused-ring (bicyclic) bond motifs is 2. The fourth-order valence-corrected chi connectivity index (χ4v) is 4.26. The first-order valence-corrected chi connectivity index (χ1v) is 9.00. The van der Waals surface area contributed by atoms with Crippen LogP contribution >= 0.6 is 15.9 Å². The SMILES string of the molecule is N#CN=C1CC2(CCCc3ccccc3C2)Oc2ccc(Br)cc21. The molecule has 0 fully saturated rings. The maximum atomic E-state index is 9.12. The molecule has 120 valence electrons. The van der Waals surface area contributed by atoms with Crippen LogP contribution in [-0.4, -0.2) is 11.3 Å². The molecule has 1 atom stereocenters. The summed E-state index contributed by atoms with van der Waals surface area (Å²) in [4.78, 5) is 4.12. The molecule has 4 heteroatoms. The maximum Gasteiger partial charge on any atom is 0.205 e. The number of hydrogen-bond donors (Lipinski definition) is 0. The zero-order valence-electron chi connectivity index (χ0n) is 13.3. The Labute approximate surface area is 150 Å². The largest absolute Gasteiger partial charge is 0.486 e. The predicted octanol–water partition coefficient (Wildman–Crippen LogP) is 4.82. The third-order valence-electron chi connectivity index (χ3n) is 4.96. The minimum Gasteiger partial charge on any atom is -0.486 e. The molecule has 1 aliphatic heterocycles. The highest BCUT2D eigenvalue weighted by molar-refractivity contribution is 9.10. The molecule has 0 saturated heterocycles. The Morgan fingerprint density at radius 3 is 2.79 bits per heavy atom. The van der Waals surface area contributed by atoms with Gasteiger partial charge in [-0.15, -0.1) is 0 Å². The second kappa shape index (κ2) is 6.07. The topological polar surface area (TPSA) is 45.4 Å². The molecule has 1 unspecified atom stereocenters. The highest BCUT2D eigenvalue weighted by Crippen LogP contribution is 2.41. The first-order chi connectivity index (χ1) is 11.7. The zero-order chi connectivity index (χ0) is 16.6. The molecule has 2 aromatic rings. The fourth-order valence-electron chi connectivity index (χ4n) is 3.89. The number of nitrogens with zero attached hydrogens (tertiary/aromatic N) is 2. The van der Waals surface area contributed by atoms with Crippen molar-refractivity contribution in [2.24, 2.45) is 4.99 Å². The van der Waals surface area contributed by atoms with Crippen molar-refractivity contribution in [1.29, 1.82) is 5.26 Å². The second-order valence-corrected chi connectivity index (χ2v) is 7.48. The van der Waals surface area contributed by atoms with Crippen LogP contribution in [0, 0.1) is 11.5 Å². The summed E-state index contributed by atoms with van der Waals surface area (Å²) in [5.41, 5.74) is 4.22. The normalized spacial score (nSPS) is 23.8. The zero-order valence-corrected chi connectivity index (χ0v) is 14.8. The summed E-state index contributed by atoms with van der Waals surface area (Å²) in [6.07, 6.45) is 6.66. The Hall–Kier alpha value is -2.12. The molecule has 0 bridgehead atoms. The van der Waals surface area contributed by atoms with Crippen LogP contribution in [0.4, 0.5) is 0 Å². The van der Waals surface area contributed by atoms with E-state index in [1.807, 2.05) is 24.4 Å². The molecular weight excluding hydrogens is 364 g/mol. The quantitative estimate of drug-likeness (QED) is 0.615. The molecule has 3 nitrogen and oxygen atoms in total. The third-order valence-corrected chi connectivity index (χ3v) is 5.46. The first-order valence-electron chi connectivity index (χ1n) is 8.20. The average Bonchev–Trinajstić information content (AvgIpc) is 2.74. The lowest BCUT2D eigenvalue weighted by Crippen LogP contribution is -2.43. The standard InChI is InChI=1S/C20H17BrN2O/c21-16-7-8-19-17(10-16)18(23-13-22)12-20(24-19)9-3-6-14-4-1-2-5-15(14)11-20/h1-2,4-5,7-8,10H,3,6,9,11-12H2. The van der Waals surface area contributed by atoms with E-state index in [2.05, 4.69) is 45.2 Å². The fraction of sp³-hybridized carbons (Fsp3) is 0.300. The highest BCUT2D eigenvalue weighted by Gasteiger charge is 2.41. The maximum absolute atomic E-state index is 9.12. The van der Waals surface area contributed by atoms with Gasteiger partial charge in [-0.1, -0.05) is 40.2 Å². The van der Waals surface area contributed by atoms with Crippen molar-refractivity contribution in [1.82, 2.24) is 0 Å². The van der Waals surface area contributed by atoms with Crippen molar-refractivity contribution in [3.63, 3.8) is 0 Å². The van der Waals surface area contributed by atoms with Gasteiger partial charge in [-0.05, 0) is 48.6 Å². The summed E-state index contributed by atoms with van der Waals surface area (Å²) in [5, 5.41) is 9.12. The first kappa shape index (κ1) is 15.4. The number of aliphatic imine (C=N–C) groups is 1. The summed E-state index contributed by atoms with van der Waals surface area (Å²) in [6.45, 7) is 0. The molecule has 0 radical (unpaired) electrons. The van der Waals surface area contributed by atoms with Crippen molar-refractivity contribution in [3.8, 4) is 11.9 Å². The second-order valence-electron chi connectivity index (χ2n) is 6.56. The van der Waals surface area contributed by atoms with Crippen molar-refractivity contribution >= 4 is 21.6 Å². The van der Waals surface area contributed by atoms with Gasteiger partial charge in [0.25, 0.3) is 0 Å². The van der Waals surface area contributed by atoms with Crippen LogP contribution < -0.4 is 4.74 Å². The lowest BCUT2D eigenvalue weighted by atomic mass is 9.82. The number of nitriles is 1. The minimum absolute atomic E-state index is 0.302. The van der Waals surface area contributed by atoms with Gasteiger partial charge in [-0.25, -0.2) is 0 Å². The lowest BCUT2D eigenvalue weighted by molar-refractivity contribution is 0.0618. The summed E-state index contributed by atoms with van der Waals surface area (Å²) < 4.78 is 7.49. The molecule has 0 saturated carbocycles. The Bertz CT molecular complexity index is 868. The van der Waals surface area contributed by atoms with Gasteiger partial charge in [0.05, 0.1) is 5.71 Å². The van der Waals surface area contributed by atoms with Crippen LogP contribution in [0.1, 0.15) is 36.0 Å². The van der Waals surface area contributed by atoms with Crippen LogP contribution in [0.25, 0.3) is 0 Å². The van der Waals surface area contributed by atoms with E-state index in [4.69, 9.17) is 10.00 Å². The van der Waals surface area contributed by atoms with Gasteiger partial charge < -0.3 is 4.74 Å². The molecule has 2 aromatic carbocycles. The molecule has 1 heterocycles. The van der Waals surface area contributed by atoms with E-state index in [0.29, 0.717) is 6.42 Å². The highest BCUT2D eigenvalue weighted by atomic mass is 79.9. The summed E-state index contributed by atoms with van der Waals surface area (Å²) in [6, 6.07) is 14.6. The number of hydrogen-bond acceptors (Lipinski definition) is 3. The number of benzene rings is 2. The summed E-state index contributed by atoms with van der Waals surface area (Å²) in [7, 11) is 0.